The van der Waals surface area contributed by atoms with E-state index in [2.05, 4.69) is 10.2 Å². The topological polar surface area (TPSA) is 101 Å². The van der Waals surface area contributed by atoms with Gasteiger partial charge in [0.25, 0.3) is 5.91 Å². The molecular weight excluding hydrogens is 557 g/mol. The number of azo groups is 1. The van der Waals surface area contributed by atoms with Crippen molar-refractivity contribution in [2.75, 3.05) is 17.7 Å². The molecule has 8 nitrogen and oxygen atoms in total. The zero-order valence-corrected chi connectivity index (χ0v) is 23.3. The number of anilines is 2. The van der Waals surface area contributed by atoms with Crippen molar-refractivity contribution >= 4 is 57.7 Å². The molecule has 0 saturated heterocycles. The molecule has 0 radical (unpaired) electrons. The molecule has 10 heteroatoms. The van der Waals surface area contributed by atoms with Gasteiger partial charge in [0.2, 0.25) is 0 Å². The van der Waals surface area contributed by atoms with Gasteiger partial charge in [-0.3, -0.25) is 9.79 Å². The molecule has 1 aliphatic heterocycles. The third-order valence-electron chi connectivity index (χ3n) is 6.72. The van der Waals surface area contributed by atoms with Crippen LogP contribution in [0.4, 0.5) is 22.9 Å². The van der Waals surface area contributed by atoms with Gasteiger partial charge in [-0.1, -0.05) is 71.7 Å². The van der Waals surface area contributed by atoms with Crippen molar-refractivity contribution < 1.29 is 4.79 Å². The van der Waals surface area contributed by atoms with Gasteiger partial charge in [0.15, 0.2) is 17.5 Å². The average molecular weight is 580 g/mol. The molecule has 5 aromatic rings. The Kier molecular flexibility index (Phi) is 7.09. The number of para-hydroxylation sites is 1. The lowest BCUT2D eigenvalue weighted by Crippen LogP contribution is -2.30. The number of aromatic nitrogens is 2. The van der Waals surface area contributed by atoms with E-state index >= 15 is 0 Å². The first kappa shape index (κ1) is 26.4. The quantitative estimate of drug-likeness (QED) is 0.215. The van der Waals surface area contributed by atoms with Crippen LogP contribution in [-0.2, 0) is 4.79 Å². The van der Waals surface area contributed by atoms with Gasteiger partial charge >= 0.3 is 0 Å². The van der Waals surface area contributed by atoms with Gasteiger partial charge in [0.05, 0.1) is 22.8 Å². The van der Waals surface area contributed by atoms with Crippen LogP contribution in [0.15, 0.2) is 118 Å². The summed E-state index contributed by atoms with van der Waals surface area (Å²) in [6.07, 6.45) is 0. The number of nitrogens with two attached hydrogens (primary N) is 1. The number of carbonyl (C=O) groups excluding carboxylic acids is 1. The zero-order valence-electron chi connectivity index (χ0n) is 21.8. The number of rotatable bonds is 5. The van der Waals surface area contributed by atoms with E-state index in [1.807, 2.05) is 72.8 Å². The van der Waals surface area contributed by atoms with E-state index in [1.165, 1.54) is 0 Å². The number of likely N-dealkylation sites (N-methyl/N-ethyl adjacent to an activating group) is 1. The molecule has 41 heavy (non-hydrogen) atoms. The van der Waals surface area contributed by atoms with E-state index in [1.54, 1.807) is 47.0 Å². The van der Waals surface area contributed by atoms with E-state index in [4.69, 9.17) is 39.0 Å². The molecule has 1 atom stereocenters. The van der Waals surface area contributed by atoms with Crippen LogP contribution in [0, 0.1) is 0 Å². The molecule has 2 N–H and O–H groups in total. The minimum atomic E-state index is -1.08. The molecule has 202 valence electrons. The van der Waals surface area contributed by atoms with Crippen LogP contribution in [0.25, 0.3) is 5.69 Å². The fourth-order valence-electron chi connectivity index (χ4n) is 4.66. The Morgan fingerprint density at radius 2 is 1.49 bits per heavy atom. The van der Waals surface area contributed by atoms with Crippen molar-refractivity contribution in [3.05, 3.63) is 130 Å². The van der Waals surface area contributed by atoms with Gasteiger partial charge in [0.1, 0.15) is 5.69 Å². The first-order chi connectivity index (χ1) is 19.9. The lowest BCUT2D eigenvalue weighted by Gasteiger charge is -2.20. The number of nitrogens with zero attached hydrogens (tertiary/aromatic N) is 6. The van der Waals surface area contributed by atoms with E-state index in [0.717, 1.165) is 11.1 Å². The van der Waals surface area contributed by atoms with Gasteiger partial charge in [-0.15, -0.1) is 5.11 Å². The summed E-state index contributed by atoms with van der Waals surface area (Å²) in [6.45, 7) is 0. The molecule has 1 unspecified atom stereocenters. The standard InChI is InChI=1S/C31H23Cl2N7O/c1-39-25-17-14-21(33)18-24(25)26(19-8-4-2-5-9-19)35-29(31(39)41)27-28(37-36-22-15-12-20(32)13-16-22)30(34)40(38-27)23-10-6-3-7-11-23/h2-18,29H,34H2,1H3. The molecule has 1 aliphatic rings. The van der Waals surface area contributed by atoms with Crippen LogP contribution >= 0.6 is 23.2 Å². The van der Waals surface area contributed by atoms with Crippen LogP contribution in [0.1, 0.15) is 22.9 Å². The van der Waals surface area contributed by atoms with Gasteiger partial charge in [-0.25, -0.2) is 4.68 Å². The second-order valence-electron chi connectivity index (χ2n) is 9.35. The van der Waals surface area contributed by atoms with Crippen molar-refractivity contribution in [2.45, 2.75) is 6.04 Å². The first-order valence-electron chi connectivity index (χ1n) is 12.7. The Balaban J connectivity index is 1.58. The van der Waals surface area contributed by atoms with Gasteiger partial charge in [-0.2, -0.15) is 10.2 Å². The van der Waals surface area contributed by atoms with Crippen LogP contribution < -0.4 is 10.6 Å². The number of benzodiazepines with no additional fused rings is 1. The molecule has 1 aromatic heterocycles. The highest BCUT2D eigenvalue weighted by atomic mass is 35.5. The van der Waals surface area contributed by atoms with E-state index < -0.39 is 6.04 Å². The lowest BCUT2D eigenvalue weighted by atomic mass is 10.0. The molecule has 0 saturated carbocycles. The van der Waals surface area contributed by atoms with Crippen LogP contribution in [0.5, 0.6) is 0 Å². The number of benzene rings is 4. The summed E-state index contributed by atoms with van der Waals surface area (Å²) in [5.41, 5.74) is 11.2. The summed E-state index contributed by atoms with van der Waals surface area (Å²) < 4.78 is 1.55. The minimum absolute atomic E-state index is 0.223. The lowest BCUT2D eigenvalue weighted by molar-refractivity contribution is -0.119. The Bertz CT molecular complexity index is 1800. The number of carbonyl (C=O) groups is 1. The van der Waals surface area contributed by atoms with Crippen LogP contribution in [-0.4, -0.2) is 28.4 Å². The summed E-state index contributed by atoms with van der Waals surface area (Å²) in [5.74, 6) is -0.0826. The largest absolute Gasteiger partial charge is 0.382 e. The normalized spacial score (nSPS) is 15.1. The predicted molar refractivity (Wildman–Crippen MR) is 163 cm³/mol. The van der Waals surface area contributed by atoms with E-state index in [-0.39, 0.29) is 23.1 Å². The van der Waals surface area contributed by atoms with E-state index in [9.17, 15) is 4.79 Å². The molecule has 4 aromatic carbocycles. The highest BCUT2D eigenvalue weighted by Crippen LogP contribution is 2.40. The number of aliphatic imine (C=N–C) groups is 1. The fourth-order valence-corrected chi connectivity index (χ4v) is 4.96. The monoisotopic (exact) mass is 579 g/mol. The predicted octanol–water partition coefficient (Wildman–Crippen LogP) is 7.73. The van der Waals surface area contributed by atoms with E-state index in [0.29, 0.717) is 32.8 Å². The summed E-state index contributed by atoms with van der Waals surface area (Å²) >= 11 is 12.5. The van der Waals surface area contributed by atoms with Crippen LogP contribution in [0.2, 0.25) is 10.0 Å². The Hall–Kier alpha value is -4.79. The zero-order chi connectivity index (χ0) is 28.5. The number of hydrogen-bond donors (Lipinski definition) is 1. The number of fused-ring (bicyclic) bond motifs is 1. The molecule has 0 aliphatic carbocycles. The van der Waals surface area contributed by atoms with Gasteiger partial charge in [-0.05, 0) is 54.6 Å². The number of hydrogen-bond acceptors (Lipinski definition) is 6. The molecule has 0 fully saturated rings. The summed E-state index contributed by atoms with van der Waals surface area (Å²) in [7, 11) is 1.71. The summed E-state index contributed by atoms with van der Waals surface area (Å²) in [4.78, 5) is 20.7. The Morgan fingerprint density at radius 1 is 0.829 bits per heavy atom. The number of nitrogen functional groups attached to an aromatic ring is 1. The maximum atomic E-state index is 14.1. The van der Waals surface area contributed by atoms with Gasteiger partial charge in [0, 0.05) is 28.2 Å². The third kappa shape index (κ3) is 5.11. The maximum Gasteiger partial charge on any atom is 0.257 e. The highest BCUT2D eigenvalue weighted by Gasteiger charge is 2.36. The molecule has 0 bridgehead atoms. The van der Waals surface area contributed by atoms with Gasteiger partial charge < -0.3 is 10.6 Å². The van der Waals surface area contributed by atoms with Crippen molar-refractivity contribution in [3.8, 4) is 5.69 Å². The molecule has 2 heterocycles. The molecule has 1 amide bonds. The number of halogens is 2. The molecular formula is C31H23Cl2N7O. The van der Waals surface area contributed by atoms with Crippen molar-refractivity contribution in [1.29, 1.82) is 0 Å². The Morgan fingerprint density at radius 3 is 2.20 bits per heavy atom. The average Bonchev–Trinajstić information content (AvgIpc) is 3.28. The smallest absolute Gasteiger partial charge is 0.257 e. The molecule has 0 spiro atoms. The highest BCUT2D eigenvalue weighted by molar-refractivity contribution is 6.32. The maximum absolute atomic E-state index is 14.1. The SMILES string of the molecule is CN1C(=O)C(c2nn(-c3ccccc3)c(N)c2N=Nc2ccc(Cl)cc2)N=C(c2ccccc2)c2cc(Cl)ccc21. The second-order valence-corrected chi connectivity index (χ2v) is 10.2. The number of amides is 1. The van der Waals surface area contributed by atoms with Crippen molar-refractivity contribution in [1.82, 2.24) is 9.78 Å². The first-order valence-corrected chi connectivity index (χ1v) is 13.5. The van der Waals surface area contributed by atoms with Crippen molar-refractivity contribution in [3.63, 3.8) is 0 Å². The second kappa shape index (κ2) is 11.0. The summed E-state index contributed by atoms with van der Waals surface area (Å²) in [5, 5.41) is 14.8. The van der Waals surface area contributed by atoms with Crippen molar-refractivity contribution in [2.24, 2.45) is 15.2 Å². The third-order valence-corrected chi connectivity index (χ3v) is 7.21. The molecule has 6 rings (SSSR count). The Labute approximate surface area is 246 Å². The minimum Gasteiger partial charge on any atom is -0.382 e. The van der Waals surface area contributed by atoms with Crippen LogP contribution in [0.3, 0.4) is 0 Å². The summed E-state index contributed by atoms with van der Waals surface area (Å²) in [6, 6.07) is 30.2. The fraction of sp³-hybridized carbons (Fsp3) is 0.0645.